The molecule has 0 unspecified atom stereocenters. The number of methoxy groups -OCH3 is 1. The summed E-state index contributed by atoms with van der Waals surface area (Å²) in [6.07, 6.45) is 3.34. The van der Waals surface area contributed by atoms with Gasteiger partial charge >= 0.3 is 0 Å². The molecule has 2 heterocycles. The van der Waals surface area contributed by atoms with Gasteiger partial charge in [-0.2, -0.15) is 5.26 Å². The van der Waals surface area contributed by atoms with Crippen molar-refractivity contribution in [2.24, 2.45) is 0 Å². The molecule has 0 radical (unpaired) electrons. The number of ether oxygens (including phenoxy) is 1. The van der Waals surface area contributed by atoms with Gasteiger partial charge in [-0.1, -0.05) is 0 Å². The molecule has 0 saturated carbocycles. The van der Waals surface area contributed by atoms with Crippen molar-refractivity contribution in [2.75, 3.05) is 12.4 Å². The summed E-state index contributed by atoms with van der Waals surface area (Å²) in [6, 6.07) is 13.9. The summed E-state index contributed by atoms with van der Waals surface area (Å²) >= 11 is 0. The van der Waals surface area contributed by atoms with Gasteiger partial charge in [0.25, 0.3) is 0 Å². The van der Waals surface area contributed by atoms with Gasteiger partial charge in [-0.15, -0.1) is 0 Å². The van der Waals surface area contributed by atoms with Crippen molar-refractivity contribution in [2.45, 2.75) is 6.92 Å². The normalized spacial score (nSPS) is 10.6. The van der Waals surface area contributed by atoms with Crippen molar-refractivity contribution in [3.8, 4) is 23.2 Å². The zero-order chi connectivity index (χ0) is 20.4. The molecule has 0 fully saturated rings. The second-order valence-electron chi connectivity index (χ2n) is 6.41. The molecule has 0 saturated heterocycles. The van der Waals surface area contributed by atoms with Crippen LogP contribution in [0.15, 0.2) is 54.9 Å². The number of nitriles is 1. The average Bonchev–Trinajstić information content (AvgIpc) is 2.75. The van der Waals surface area contributed by atoms with Crippen molar-refractivity contribution < 1.29 is 9.13 Å². The minimum atomic E-state index is -0.278. The van der Waals surface area contributed by atoms with Crippen LogP contribution >= 0.6 is 0 Å². The standard InChI is InChI=1S/C22H16FN5O/c1-13-8-16(5-6-18(13)23)26-22-17-10-20(29-2)15(11-24)9-19(17)27-21(28-22)14-4-3-7-25-12-14/h3-10,12H,1-2H3,(H,26,27,28). The van der Waals surface area contributed by atoms with E-state index in [4.69, 9.17) is 4.74 Å². The average molecular weight is 385 g/mol. The lowest BCUT2D eigenvalue weighted by atomic mass is 10.1. The molecule has 0 atom stereocenters. The van der Waals surface area contributed by atoms with Crippen LogP contribution in [0.2, 0.25) is 0 Å². The fourth-order valence-electron chi connectivity index (χ4n) is 2.99. The largest absolute Gasteiger partial charge is 0.495 e. The second kappa shape index (κ2) is 7.52. The molecule has 0 aliphatic carbocycles. The smallest absolute Gasteiger partial charge is 0.163 e. The van der Waals surface area contributed by atoms with Crippen LogP contribution in [0.4, 0.5) is 15.9 Å². The Bertz CT molecular complexity index is 1250. The number of benzene rings is 2. The first-order valence-corrected chi connectivity index (χ1v) is 8.82. The monoisotopic (exact) mass is 385 g/mol. The highest BCUT2D eigenvalue weighted by molar-refractivity contribution is 5.94. The highest BCUT2D eigenvalue weighted by Gasteiger charge is 2.14. The van der Waals surface area contributed by atoms with Gasteiger partial charge in [-0.3, -0.25) is 4.98 Å². The zero-order valence-electron chi connectivity index (χ0n) is 15.8. The van der Waals surface area contributed by atoms with E-state index in [1.165, 1.54) is 13.2 Å². The van der Waals surface area contributed by atoms with E-state index in [0.717, 1.165) is 5.56 Å². The Balaban J connectivity index is 1.93. The molecule has 4 rings (SSSR count). The number of pyridine rings is 1. The molecular formula is C22H16FN5O. The van der Waals surface area contributed by atoms with Crippen LogP contribution in [0.5, 0.6) is 5.75 Å². The Labute approximate surface area is 166 Å². The number of rotatable bonds is 4. The Morgan fingerprint density at radius 1 is 1.14 bits per heavy atom. The Morgan fingerprint density at radius 3 is 2.69 bits per heavy atom. The molecule has 0 spiro atoms. The predicted molar refractivity (Wildman–Crippen MR) is 108 cm³/mol. The molecule has 0 bridgehead atoms. The van der Waals surface area contributed by atoms with E-state index in [9.17, 15) is 9.65 Å². The summed E-state index contributed by atoms with van der Waals surface area (Å²) in [5.41, 5.74) is 2.90. The Hall–Kier alpha value is -4.05. The summed E-state index contributed by atoms with van der Waals surface area (Å²) in [6.45, 7) is 1.70. The van der Waals surface area contributed by atoms with Crippen molar-refractivity contribution in [3.63, 3.8) is 0 Å². The van der Waals surface area contributed by atoms with Gasteiger partial charge in [0.15, 0.2) is 5.82 Å². The molecular weight excluding hydrogens is 369 g/mol. The van der Waals surface area contributed by atoms with Crippen LogP contribution in [0.25, 0.3) is 22.3 Å². The molecule has 2 aromatic carbocycles. The topological polar surface area (TPSA) is 83.7 Å². The third-order valence-electron chi connectivity index (χ3n) is 4.48. The van der Waals surface area contributed by atoms with E-state index in [1.54, 1.807) is 49.6 Å². The van der Waals surface area contributed by atoms with Crippen LogP contribution in [-0.4, -0.2) is 22.1 Å². The first-order chi connectivity index (χ1) is 14.1. The first-order valence-electron chi connectivity index (χ1n) is 8.82. The predicted octanol–water partition coefficient (Wildman–Crippen LogP) is 4.76. The fourth-order valence-corrected chi connectivity index (χ4v) is 2.99. The first kappa shape index (κ1) is 18.3. The molecule has 7 heteroatoms. The van der Waals surface area contributed by atoms with E-state index >= 15 is 0 Å². The van der Waals surface area contributed by atoms with Crippen LogP contribution in [0.1, 0.15) is 11.1 Å². The van der Waals surface area contributed by atoms with E-state index in [1.807, 2.05) is 6.07 Å². The molecule has 6 nitrogen and oxygen atoms in total. The quantitative estimate of drug-likeness (QED) is 0.545. The Kier molecular flexibility index (Phi) is 4.75. The summed E-state index contributed by atoms with van der Waals surface area (Å²) < 4.78 is 19.0. The lowest BCUT2D eigenvalue weighted by Gasteiger charge is -2.13. The SMILES string of the molecule is COc1cc2c(Nc3ccc(F)c(C)c3)nc(-c3cccnc3)nc2cc1C#N. The highest BCUT2D eigenvalue weighted by atomic mass is 19.1. The number of nitrogens with one attached hydrogen (secondary N) is 1. The maximum Gasteiger partial charge on any atom is 0.163 e. The molecule has 2 aromatic heterocycles. The number of hydrogen-bond acceptors (Lipinski definition) is 6. The second-order valence-corrected chi connectivity index (χ2v) is 6.41. The summed E-state index contributed by atoms with van der Waals surface area (Å²) in [5.74, 6) is 1.12. The van der Waals surface area contributed by atoms with Gasteiger partial charge in [-0.25, -0.2) is 14.4 Å². The number of fused-ring (bicyclic) bond motifs is 1. The van der Waals surface area contributed by atoms with Crippen LogP contribution < -0.4 is 10.1 Å². The summed E-state index contributed by atoms with van der Waals surface area (Å²) in [7, 11) is 1.50. The van der Waals surface area contributed by atoms with Gasteiger partial charge in [0.05, 0.1) is 18.2 Å². The van der Waals surface area contributed by atoms with Gasteiger partial charge in [0.1, 0.15) is 23.5 Å². The zero-order valence-corrected chi connectivity index (χ0v) is 15.8. The van der Waals surface area contributed by atoms with Crippen LogP contribution in [-0.2, 0) is 0 Å². The highest BCUT2D eigenvalue weighted by Crippen LogP contribution is 2.32. The number of aromatic nitrogens is 3. The summed E-state index contributed by atoms with van der Waals surface area (Å²) in [5, 5.41) is 13.3. The van der Waals surface area contributed by atoms with Gasteiger partial charge in [0, 0.05) is 29.0 Å². The molecule has 142 valence electrons. The van der Waals surface area contributed by atoms with Crippen molar-refractivity contribution in [3.05, 3.63) is 71.8 Å². The van der Waals surface area contributed by atoms with Crippen LogP contribution in [0, 0.1) is 24.1 Å². The maximum absolute atomic E-state index is 13.7. The third kappa shape index (κ3) is 3.56. The maximum atomic E-state index is 13.7. The number of anilines is 2. The van der Waals surface area contributed by atoms with Crippen LogP contribution in [0.3, 0.4) is 0 Å². The molecule has 0 aliphatic heterocycles. The number of nitrogens with zero attached hydrogens (tertiary/aromatic N) is 4. The van der Waals surface area contributed by atoms with E-state index in [2.05, 4.69) is 26.3 Å². The number of hydrogen-bond donors (Lipinski definition) is 1. The lowest BCUT2D eigenvalue weighted by Crippen LogP contribution is -2.01. The molecule has 4 aromatic rings. The van der Waals surface area contributed by atoms with Crippen molar-refractivity contribution in [1.82, 2.24) is 15.0 Å². The lowest BCUT2D eigenvalue weighted by molar-refractivity contribution is 0.414. The van der Waals surface area contributed by atoms with Gasteiger partial charge < -0.3 is 10.1 Å². The molecule has 0 amide bonds. The van der Waals surface area contributed by atoms with Crippen molar-refractivity contribution in [1.29, 1.82) is 5.26 Å². The van der Waals surface area contributed by atoms with E-state index in [-0.39, 0.29) is 5.82 Å². The number of halogens is 1. The molecule has 0 aliphatic rings. The van der Waals surface area contributed by atoms with Crippen molar-refractivity contribution >= 4 is 22.4 Å². The van der Waals surface area contributed by atoms with E-state index < -0.39 is 0 Å². The Morgan fingerprint density at radius 2 is 2.00 bits per heavy atom. The van der Waals surface area contributed by atoms with Gasteiger partial charge in [-0.05, 0) is 55.0 Å². The minimum Gasteiger partial charge on any atom is -0.495 e. The third-order valence-corrected chi connectivity index (χ3v) is 4.48. The summed E-state index contributed by atoms with van der Waals surface area (Å²) in [4.78, 5) is 13.4. The molecule has 1 N–H and O–H groups in total. The van der Waals surface area contributed by atoms with E-state index in [0.29, 0.717) is 45.1 Å². The minimum absolute atomic E-state index is 0.278. The number of aryl methyl sites for hydroxylation is 1. The fraction of sp³-hybridized carbons (Fsp3) is 0.0909. The molecule has 29 heavy (non-hydrogen) atoms. The van der Waals surface area contributed by atoms with Gasteiger partial charge in [0.2, 0.25) is 0 Å².